The van der Waals surface area contributed by atoms with Gasteiger partial charge in [0, 0.05) is 25.4 Å². The Hall–Kier alpha value is -0.780. The van der Waals surface area contributed by atoms with Gasteiger partial charge in [0.15, 0.2) is 9.84 Å². The zero-order valence-corrected chi connectivity index (χ0v) is 14.7. The molecule has 6 heteroatoms. The van der Waals surface area contributed by atoms with Crippen molar-refractivity contribution in [2.24, 2.45) is 11.8 Å². The third kappa shape index (κ3) is 4.37. The van der Waals surface area contributed by atoms with E-state index in [1.54, 1.807) is 11.8 Å². The van der Waals surface area contributed by atoms with E-state index < -0.39 is 9.84 Å². The van der Waals surface area contributed by atoms with Crippen molar-refractivity contribution in [1.82, 2.24) is 10.2 Å². The van der Waals surface area contributed by atoms with Gasteiger partial charge in [-0.3, -0.25) is 0 Å². The molecule has 1 N–H and O–H groups in total. The van der Waals surface area contributed by atoms with Gasteiger partial charge in [0.2, 0.25) is 0 Å². The highest BCUT2D eigenvalue weighted by atomic mass is 32.2. The van der Waals surface area contributed by atoms with E-state index >= 15 is 0 Å². The van der Waals surface area contributed by atoms with E-state index in [0.29, 0.717) is 37.8 Å². The zero-order valence-electron chi connectivity index (χ0n) is 13.9. The Kier molecular flexibility index (Phi) is 6.12. The van der Waals surface area contributed by atoms with E-state index in [-0.39, 0.29) is 17.0 Å². The fourth-order valence-corrected chi connectivity index (χ4v) is 5.08. The molecule has 128 valence electrons. The molecule has 0 aromatic carbocycles. The van der Waals surface area contributed by atoms with Crippen LogP contribution in [0.5, 0.6) is 0 Å². The lowest BCUT2D eigenvalue weighted by Crippen LogP contribution is -2.48. The van der Waals surface area contributed by atoms with Crippen LogP contribution < -0.4 is 5.32 Å². The number of sulfone groups is 1. The summed E-state index contributed by atoms with van der Waals surface area (Å²) in [6.45, 7) is 5.83. The molecule has 1 heterocycles. The molecule has 22 heavy (non-hydrogen) atoms. The minimum atomic E-state index is -2.97. The highest BCUT2D eigenvalue weighted by Gasteiger charge is 2.30. The first-order valence-corrected chi connectivity index (χ1v) is 10.4. The van der Waals surface area contributed by atoms with Crippen LogP contribution in [0.4, 0.5) is 4.79 Å². The highest BCUT2D eigenvalue weighted by molar-refractivity contribution is 7.92. The third-order valence-corrected chi connectivity index (χ3v) is 7.74. The van der Waals surface area contributed by atoms with Crippen molar-refractivity contribution < 1.29 is 13.2 Å². The van der Waals surface area contributed by atoms with E-state index in [1.807, 2.05) is 0 Å². The van der Waals surface area contributed by atoms with Gasteiger partial charge in [-0.25, -0.2) is 13.2 Å². The van der Waals surface area contributed by atoms with Crippen molar-refractivity contribution in [2.75, 3.05) is 25.4 Å². The number of piperidine rings is 1. The maximum atomic E-state index is 12.2. The predicted molar refractivity (Wildman–Crippen MR) is 88.6 cm³/mol. The van der Waals surface area contributed by atoms with Crippen molar-refractivity contribution >= 4 is 15.9 Å². The molecule has 2 atom stereocenters. The van der Waals surface area contributed by atoms with Gasteiger partial charge in [0.05, 0.1) is 5.25 Å². The Morgan fingerprint density at radius 3 is 2.36 bits per heavy atom. The zero-order chi connectivity index (χ0) is 16.2. The monoisotopic (exact) mass is 330 g/mol. The Morgan fingerprint density at radius 1 is 1.14 bits per heavy atom. The molecule has 1 aliphatic heterocycles. The second kappa shape index (κ2) is 7.66. The van der Waals surface area contributed by atoms with Crippen molar-refractivity contribution in [2.45, 2.75) is 57.6 Å². The van der Waals surface area contributed by atoms with Crippen LogP contribution in [0, 0.1) is 11.8 Å². The smallest absolute Gasteiger partial charge is 0.317 e. The summed E-state index contributed by atoms with van der Waals surface area (Å²) >= 11 is 0. The van der Waals surface area contributed by atoms with Crippen molar-refractivity contribution in [3.8, 4) is 0 Å². The number of rotatable bonds is 4. The van der Waals surface area contributed by atoms with Crippen LogP contribution in [0.1, 0.15) is 52.4 Å². The Labute approximate surface area is 134 Å². The molecule has 1 saturated heterocycles. The number of likely N-dealkylation sites (tertiary alicyclic amines) is 1. The van der Waals surface area contributed by atoms with Crippen molar-refractivity contribution in [3.63, 3.8) is 0 Å². The Bertz CT molecular complexity index is 470. The number of hydrogen-bond donors (Lipinski definition) is 1. The van der Waals surface area contributed by atoms with Crippen LogP contribution in [0.2, 0.25) is 0 Å². The topological polar surface area (TPSA) is 66.5 Å². The van der Waals surface area contributed by atoms with Gasteiger partial charge in [-0.1, -0.05) is 33.1 Å². The Morgan fingerprint density at radius 2 is 1.77 bits per heavy atom. The highest BCUT2D eigenvalue weighted by Crippen LogP contribution is 2.29. The summed E-state index contributed by atoms with van der Waals surface area (Å²) in [4.78, 5) is 14.0. The first kappa shape index (κ1) is 17.6. The van der Waals surface area contributed by atoms with Gasteiger partial charge < -0.3 is 10.2 Å². The average molecular weight is 330 g/mol. The summed E-state index contributed by atoms with van der Waals surface area (Å²) in [5.41, 5.74) is 0. The van der Waals surface area contributed by atoms with Gasteiger partial charge in [0.25, 0.3) is 0 Å². The van der Waals surface area contributed by atoms with Crippen LogP contribution in [0.15, 0.2) is 0 Å². The molecule has 0 spiro atoms. The molecule has 5 nitrogen and oxygen atoms in total. The molecule has 1 aliphatic carbocycles. The van der Waals surface area contributed by atoms with Gasteiger partial charge in [-0.15, -0.1) is 0 Å². The largest absolute Gasteiger partial charge is 0.338 e. The van der Waals surface area contributed by atoms with Crippen LogP contribution in [0.25, 0.3) is 0 Å². The summed E-state index contributed by atoms with van der Waals surface area (Å²) in [7, 11) is -2.97. The van der Waals surface area contributed by atoms with E-state index in [2.05, 4.69) is 12.2 Å². The number of nitrogens with one attached hydrogen (secondary N) is 1. The molecule has 0 unspecified atom stereocenters. The minimum Gasteiger partial charge on any atom is -0.338 e. The molecule has 0 aromatic heterocycles. The number of hydrogen-bond acceptors (Lipinski definition) is 3. The molecule has 2 aliphatic rings. The predicted octanol–water partition coefficient (Wildman–Crippen LogP) is 2.42. The summed E-state index contributed by atoms with van der Waals surface area (Å²) in [6.07, 6.45) is 6.20. The molecule has 2 amide bonds. The second-order valence-corrected chi connectivity index (χ2v) is 9.42. The maximum Gasteiger partial charge on any atom is 0.317 e. The van der Waals surface area contributed by atoms with Gasteiger partial charge >= 0.3 is 6.03 Å². The van der Waals surface area contributed by atoms with E-state index in [0.717, 1.165) is 6.54 Å². The second-order valence-electron chi connectivity index (χ2n) is 6.85. The lowest BCUT2D eigenvalue weighted by Gasteiger charge is -2.33. The minimum absolute atomic E-state index is 0.0230. The fraction of sp³-hybridized carbons (Fsp3) is 0.938. The number of carbonyl (C=O) groups excluding carboxylic acids is 1. The molecular formula is C16H30N2O3S. The quantitative estimate of drug-likeness (QED) is 0.861. The Balaban J connectivity index is 1.75. The van der Waals surface area contributed by atoms with Crippen LogP contribution in [0.3, 0.4) is 0 Å². The fourth-order valence-electron chi connectivity index (χ4n) is 3.68. The van der Waals surface area contributed by atoms with E-state index in [9.17, 15) is 13.2 Å². The maximum absolute atomic E-state index is 12.2. The number of urea groups is 1. The SMILES string of the molecule is CCS(=O)(=O)C1CCN(C(=O)NC[C@@H]2CCCC[C@@H]2C)CC1. The van der Waals surface area contributed by atoms with Crippen LogP contribution in [-0.2, 0) is 9.84 Å². The van der Waals surface area contributed by atoms with E-state index in [4.69, 9.17) is 0 Å². The number of amides is 2. The average Bonchev–Trinajstić information content (AvgIpc) is 2.54. The van der Waals surface area contributed by atoms with Crippen LogP contribution >= 0.6 is 0 Å². The van der Waals surface area contributed by atoms with Crippen molar-refractivity contribution in [1.29, 1.82) is 0 Å². The summed E-state index contributed by atoms with van der Waals surface area (Å²) in [6, 6.07) is -0.0230. The molecule has 0 bridgehead atoms. The van der Waals surface area contributed by atoms with Crippen LogP contribution in [-0.4, -0.2) is 50.0 Å². The van der Waals surface area contributed by atoms with Gasteiger partial charge in [0.1, 0.15) is 0 Å². The van der Waals surface area contributed by atoms with Crippen molar-refractivity contribution in [3.05, 3.63) is 0 Å². The first-order chi connectivity index (χ1) is 10.4. The number of nitrogens with zero attached hydrogens (tertiary/aromatic N) is 1. The van der Waals surface area contributed by atoms with Gasteiger partial charge in [-0.05, 0) is 31.1 Å². The molecule has 2 fully saturated rings. The summed E-state index contributed by atoms with van der Waals surface area (Å²) in [5.74, 6) is 1.48. The first-order valence-electron chi connectivity index (χ1n) is 8.68. The van der Waals surface area contributed by atoms with E-state index in [1.165, 1.54) is 25.7 Å². The molecule has 0 aromatic rings. The normalized spacial score (nSPS) is 27.6. The lowest BCUT2D eigenvalue weighted by molar-refractivity contribution is 0.178. The standard InChI is InChI=1S/C16H30N2O3S/c1-3-22(20,21)15-8-10-18(11-9-15)16(19)17-12-14-7-5-4-6-13(14)2/h13-15H,3-12H2,1-2H3,(H,17,19)/t13-,14-/m0/s1. The molecule has 0 radical (unpaired) electrons. The molecule has 2 rings (SSSR count). The lowest BCUT2D eigenvalue weighted by atomic mass is 9.80. The summed E-state index contributed by atoms with van der Waals surface area (Å²) in [5, 5.41) is 2.79. The summed E-state index contributed by atoms with van der Waals surface area (Å²) < 4.78 is 23.8. The molecule has 1 saturated carbocycles. The van der Waals surface area contributed by atoms with Gasteiger partial charge in [-0.2, -0.15) is 0 Å². The third-order valence-electron chi connectivity index (χ3n) is 5.44. The molecular weight excluding hydrogens is 300 g/mol. The number of carbonyl (C=O) groups is 1.